The molecule has 0 aromatic heterocycles. The van der Waals surface area contributed by atoms with Gasteiger partial charge in [-0.25, -0.2) is 4.79 Å². The summed E-state index contributed by atoms with van der Waals surface area (Å²) < 4.78 is 0. The zero-order valence-electron chi connectivity index (χ0n) is 8.53. The van der Waals surface area contributed by atoms with E-state index in [0.717, 1.165) is 0 Å². The summed E-state index contributed by atoms with van der Waals surface area (Å²) in [6.45, 7) is 5.56. The van der Waals surface area contributed by atoms with Crippen LogP contribution in [-0.2, 0) is 0 Å². The molecule has 0 fully saturated rings. The van der Waals surface area contributed by atoms with Crippen molar-refractivity contribution in [3.63, 3.8) is 0 Å². The van der Waals surface area contributed by atoms with Gasteiger partial charge < -0.3 is 10.2 Å². The SMILES string of the molecule is Cc1c(O)ccc(C(=O)O)c1C(C)C. The molecule has 1 aromatic rings. The van der Waals surface area contributed by atoms with Crippen molar-refractivity contribution < 1.29 is 15.0 Å². The highest BCUT2D eigenvalue weighted by Gasteiger charge is 2.16. The highest BCUT2D eigenvalue weighted by Crippen LogP contribution is 2.29. The summed E-state index contributed by atoms with van der Waals surface area (Å²) in [5, 5.41) is 18.4. The summed E-state index contributed by atoms with van der Waals surface area (Å²) in [5.41, 5.74) is 1.63. The third-order valence-electron chi connectivity index (χ3n) is 2.29. The van der Waals surface area contributed by atoms with Crippen LogP contribution < -0.4 is 0 Å². The Kier molecular flexibility index (Phi) is 2.79. The van der Waals surface area contributed by atoms with Gasteiger partial charge in [0.05, 0.1) is 5.56 Å². The average molecular weight is 194 g/mol. The number of rotatable bonds is 2. The second-order valence-electron chi connectivity index (χ2n) is 3.63. The number of carboxylic acids is 1. The van der Waals surface area contributed by atoms with E-state index < -0.39 is 5.97 Å². The Morgan fingerprint density at radius 2 is 1.93 bits per heavy atom. The molecule has 76 valence electrons. The van der Waals surface area contributed by atoms with Crippen molar-refractivity contribution in [2.24, 2.45) is 0 Å². The van der Waals surface area contributed by atoms with Crippen molar-refractivity contribution in [2.45, 2.75) is 26.7 Å². The largest absolute Gasteiger partial charge is 0.508 e. The van der Waals surface area contributed by atoms with Gasteiger partial charge in [-0.3, -0.25) is 0 Å². The maximum atomic E-state index is 10.9. The normalized spacial score (nSPS) is 10.6. The molecule has 0 amide bonds. The van der Waals surface area contributed by atoms with Gasteiger partial charge in [-0.05, 0) is 36.1 Å². The number of aromatic hydroxyl groups is 1. The Balaban J connectivity index is 3.45. The van der Waals surface area contributed by atoms with Crippen LogP contribution in [0.3, 0.4) is 0 Å². The monoisotopic (exact) mass is 194 g/mol. The minimum atomic E-state index is -0.947. The summed E-state index contributed by atoms with van der Waals surface area (Å²) in [6, 6.07) is 2.87. The molecule has 0 bridgehead atoms. The van der Waals surface area contributed by atoms with E-state index in [1.807, 2.05) is 13.8 Å². The predicted molar refractivity (Wildman–Crippen MR) is 53.9 cm³/mol. The first-order chi connectivity index (χ1) is 6.45. The Morgan fingerprint density at radius 1 is 1.36 bits per heavy atom. The Morgan fingerprint density at radius 3 is 2.36 bits per heavy atom. The summed E-state index contributed by atoms with van der Waals surface area (Å²) in [5.74, 6) is -0.705. The second kappa shape index (κ2) is 3.70. The topological polar surface area (TPSA) is 57.5 Å². The molecule has 1 aromatic carbocycles. The lowest BCUT2D eigenvalue weighted by atomic mass is 9.92. The Hall–Kier alpha value is -1.51. The fourth-order valence-electron chi connectivity index (χ4n) is 1.65. The van der Waals surface area contributed by atoms with Crippen LogP contribution >= 0.6 is 0 Å². The molecule has 2 N–H and O–H groups in total. The maximum Gasteiger partial charge on any atom is 0.335 e. The van der Waals surface area contributed by atoms with Crippen LogP contribution in [-0.4, -0.2) is 16.2 Å². The number of carbonyl (C=O) groups is 1. The summed E-state index contributed by atoms with van der Waals surface area (Å²) in [4.78, 5) is 10.9. The van der Waals surface area contributed by atoms with Gasteiger partial charge >= 0.3 is 5.97 Å². The fourth-order valence-corrected chi connectivity index (χ4v) is 1.65. The van der Waals surface area contributed by atoms with Crippen LogP contribution in [0.5, 0.6) is 5.75 Å². The van der Waals surface area contributed by atoms with E-state index in [-0.39, 0.29) is 17.2 Å². The van der Waals surface area contributed by atoms with Crippen molar-refractivity contribution in [3.05, 3.63) is 28.8 Å². The van der Waals surface area contributed by atoms with E-state index in [1.165, 1.54) is 12.1 Å². The van der Waals surface area contributed by atoms with Crippen LogP contribution in [0.1, 0.15) is 41.3 Å². The average Bonchev–Trinajstić information content (AvgIpc) is 2.08. The third-order valence-corrected chi connectivity index (χ3v) is 2.29. The van der Waals surface area contributed by atoms with Gasteiger partial charge in [0.2, 0.25) is 0 Å². The molecule has 3 heteroatoms. The van der Waals surface area contributed by atoms with Crippen LogP contribution in [0.2, 0.25) is 0 Å². The van der Waals surface area contributed by atoms with Gasteiger partial charge in [0.15, 0.2) is 0 Å². The first kappa shape index (κ1) is 10.6. The van der Waals surface area contributed by atoms with E-state index in [9.17, 15) is 9.90 Å². The number of benzene rings is 1. The van der Waals surface area contributed by atoms with E-state index in [2.05, 4.69) is 0 Å². The smallest absolute Gasteiger partial charge is 0.335 e. The maximum absolute atomic E-state index is 10.9. The highest BCUT2D eigenvalue weighted by atomic mass is 16.4. The molecule has 0 heterocycles. The van der Waals surface area contributed by atoms with Crippen LogP contribution in [0, 0.1) is 6.92 Å². The van der Waals surface area contributed by atoms with Gasteiger partial charge in [0.1, 0.15) is 5.75 Å². The van der Waals surface area contributed by atoms with E-state index >= 15 is 0 Å². The van der Waals surface area contributed by atoms with E-state index in [4.69, 9.17) is 5.11 Å². The summed E-state index contributed by atoms with van der Waals surface area (Å²) in [7, 11) is 0. The molecule has 0 spiro atoms. The lowest BCUT2D eigenvalue weighted by Crippen LogP contribution is -2.05. The van der Waals surface area contributed by atoms with Crippen LogP contribution in [0.15, 0.2) is 12.1 Å². The number of phenols is 1. The van der Waals surface area contributed by atoms with Gasteiger partial charge in [-0.15, -0.1) is 0 Å². The van der Waals surface area contributed by atoms with Gasteiger partial charge in [0.25, 0.3) is 0 Å². The molecular formula is C11H14O3. The van der Waals surface area contributed by atoms with Crippen molar-refractivity contribution in [1.82, 2.24) is 0 Å². The molecule has 0 saturated heterocycles. The molecular weight excluding hydrogens is 180 g/mol. The second-order valence-corrected chi connectivity index (χ2v) is 3.63. The first-order valence-electron chi connectivity index (χ1n) is 4.51. The number of phenolic OH excluding ortho intramolecular Hbond substituents is 1. The lowest BCUT2D eigenvalue weighted by molar-refractivity contribution is 0.0695. The van der Waals surface area contributed by atoms with Gasteiger partial charge in [-0.2, -0.15) is 0 Å². The van der Waals surface area contributed by atoms with Crippen LogP contribution in [0.25, 0.3) is 0 Å². The molecule has 0 unspecified atom stereocenters. The quantitative estimate of drug-likeness (QED) is 0.760. The number of hydrogen-bond donors (Lipinski definition) is 2. The lowest BCUT2D eigenvalue weighted by Gasteiger charge is -2.14. The molecule has 0 saturated carbocycles. The highest BCUT2D eigenvalue weighted by molar-refractivity contribution is 5.90. The predicted octanol–water partition coefficient (Wildman–Crippen LogP) is 2.52. The fraction of sp³-hybridized carbons (Fsp3) is 0.364. The van der Waals surface area contributed by atoms with Crippen molar-refractivity contribution in [3.8, 4) is 5.75 Å². The van der Waals surface area contributed by atoms with Crippen molar-refractivity contribution in [1.29, 1.82) is 0 Å². The van der Waals surface area contributed by atoms with Crippen LogP contribution in [0.4, 0.5) is 0 Å². The first-order valence-corrected chi connectivity index (χ1v) is 4.51. The zero-order chi connectivity index (χ0) is 10.9. The van der Waals surface area contributed by atoms with E-state index in [0.29, 0.717) is 11.1 Å². The molecule has 1 rings (SSSR count). The minimum absolute atomic E-state index is 0.0909. The van der Waals surface area contributed by atoms with Crippen molar-refractivity contribution in [2.75, 3.05) is 0 Å². The number of aromatic carboxylic acids is 1. The Bertz CT molecular complexity index is 367. The zero-order valence-corrected chi connectivity index (χ0v) is 8.53. The molecule has 0 radical (unpaired) electrons. The molecule has 0 aliphatic carbocycles. The van der Waals surface area contributed by atoms with Gasteiger partial charge in [0, 0.05) is 0 Å². The standard InChI is InChI=1S/C11H14O3/c1-6(2)10-7(3)9(12)5-4-8(10)11(13)14/h4-6,12H,1-3H3,(H,13,14). The summed E-state index contributed by atoms with van der Waals surface area (Å²) in [6.07, 6.45) is 0. The molecule has 0 atom stereocenters. The number of hydrogen-bond acceptors (Lipinski definition) is 2. The molecule has 3 nitrogen and oxygen atoms in total. The summed E-state index contributed by atoms with van der Waals surface area (Å²) >= 11 is 0. The molecule has 0 aliphatic rings. The molecule has 14 heavy (non-hydrogen) atoms. The van der Waals surface area contributed by atoms with E-state index in [1.54, 1.807) is 6.92 Å². The number of carboxylic acid groups (broad SMARTS) is 1. The third kappa shape index (κ3) is 1.71. The Labute approximate surface area is 83.0 Å². The minimum Gasteiger partial charge on any atom is -0.508 e. The van der Waals surface area contributed by atoms with Crippen molar-refractivity contribution >= 4 is 5.97 Å². The van der Waals surface area contributed by atoms with Gasteiger partial charge in [-0.1, -0.05) is 13.8 Å². The molecule has 0 aliphatic heterocycles.